The van der Waals surface area contributed by atoms with E-state index in [0.717, 1.165) is 5.56 Å². The number of carbonyl (C=O) groups excluding carboxylic acids is 3. The number of likely N-dealkylation sites (tertiary alicyclic amines) is 2. The second-order valence-corrected chi connectivity index (χ2v) is 8.97. The summed E-state index contributed by atoms with van der Waals surface area (Å²) in [7, 11) is 2.98. The molecule has 0 unspecified atom stereocenters. The van der Waals surface area contributed by atoms with Gasteiger partial charge in [0.15, 0.2) is 0 Å². The molecule has 0 bridgehead atoms. The van der Waals surface area contributed by atoms with E-state index in [1.807, 2.05) is 26.8 Å². The van der Waals surface area contributed by atoms with Gasteiger partial charge < -0.3 is 18.8 Å². The Hall–Kier alpha value is -2.51. The first-order valence-corrected chi connectivity index (χ1v) is 9.50. The summed E-state index contributed by atoms with van der Waals surface area (Å²) in [5.74, 6) is -1.49. The lowest BCUT2D eigenvalue weighted by molar-refractivity contribution is -0.161. The molecule has 2 fully saturated rings. The number of hydrogen-bond acceptors (Lipinski definition) is 6. The van der Waals surface area contributed by atoms with Crippen molar-refractivity contribution in [2.45, 2.75) is 44.8 Å². The van der Waals surface area contributed by atoms with Crippen molar-refractivity contribution in [3.05, 3.63) is 23.7 Å². The van der Waals surface area contributed by atoms with Crippen LogP contribution < -0.4 is 0 Å². The fourth-order valence-electron chi connectivity index (χ4n) is 5.31. The second-order valence-electron chi connectivity index (χ2n) is 8.97. The first kappa shape index (κ1) is 18.8. The Morgan fingerprint density at radius 1 is 1.32 bits per heavy atom. The van der Waals surface area contributed by atoms with Crippen molar-refractivity contribution in [1.82, 2.24) is 9.80 Å². The molecule has 152 valence electrons. The smallest absolute Gasteiger partial charge is 0.410 e. The van der Waals surface area contributed by atoms with E-state index >= 15 is 0 Å². The van der Waals surface area contributed by atoms with Gasteiger partial charge in [0.2, 0.25) is 5.91 Å². The van der Waals surface area contributed by atoms with E-state index in [1.165, 1.54) is 7.11 Å². The van der Waals surface area contributed by atoms with Crippen molar-refractivity contribution in [2.75, 3.05) is 27.2 Å². The van der Waals surface area contributed by atoms with E-state index in [2.05, 4.69) is 0 Å². The zero-order valence-electron chi connectivity index (χ0n) is 16.9. The zero-order valence-corrected chi connectivity index (χ0v) is 16.9. The molecule has 0 radical (unpaired) electrons. The quantitative estimate of drug-likeness (QED) is 0.540. The van der Waals surface area contributed by atoms with Crippen LogP contribution in [-0.4, -0.2) is 60.6 Å². The lowest BCUT2D eigenvalue weighted by Crippen LogP contribution is -2.56. The highest BCUT2D eigenvalue weighted by Crippen LogP contribution is 2.66. The predicted molar refractivity (Wildman–Crippen MR) is 97.3 cm³/mol. The summed E-state index contributed by atoms with van der Waals surface area (Å²) < 4.78 is 16.4. The Kier molecular flexibility index (Phi) is 4.03. The van der Waals surface area contributed by atoms with E-state index in [9.17, 15) is 14.4 Å². The van der Waals surface area contributed by atoms with Gasteiger partial charge >= 0.3 is 12.1 Å². The molecule has 3 heterocycles. The topological polar surface area (TPSA) is 89.3 Å². The molecule has 4 atom stereocenters. The number of esters is 1. The van der Waals surface area contributed by atoms with Crippen LogP contribution in [0.3, 0.4) is 0 Å². The van der Waals surface area contributed by atoms with E-state index in [-0.39, 0.29) is 17.9 Å². The number of amides is 2. The molecule has 2 amide bonds. The molecule has 0 saturated carbocycles. The molecule has 0 aromatic carbocycles. The third kappa shape index (κ3) is 2.46. The lowest BCUT2D eigenvalue weighted by Gasteiger charge is -2.46. The largest absolute Gasteiger partial charge is 0.468 e. The van der Waals surface area contributed by atoms with E-state index in [0.29, 0.717) is 25.3 Å². The van der Waals surface area contributed by atoms with Crippen LogP contribution in [0.2, 0.25) is 0 Å². The van der Waals surface area contributed by atoms with Crippen molar-refractivity contribution in [1.29, 1.82) is 0 Å². The normalized spacial score (nSPS) is 31.3. The van der Waals surface area contributed by atoms with Crippen LogP contribution in [0.4, 0.5) is 4.79 Å². The zero-order chi connectivity index (χ0) is 20.4. The Bertz CT molecular complexity index is 840. The van der Waals surface area contributed by atoms with Crippen LogP contribution >= 0.6 is 0 Å². The Labute approximate surface area is 163 Å². The molecule has 4 rings (SSSR count). The van der Waals surface area contributed by atoms with Gasteiger partial charge in [0.1, 0.15) is 23.3 Å². The van der Waals surface area contributed by atoms with Gasteiger partial charge in [-0.1, -0.05) is 0 Å². The van der Waals surface area contributed by atoms with Gasteiger partial charge in [-0.05, 0) is 33.3 Å². The fraction of sp³-hybridized carbons (Fsp3) is 0.650. The van der Waals surface area contributed by atoms with Crippen molar-refractivity contribution >= 4 is 18.0 Å². The number of fused-ring (bicyclic) bond motifs is 3. The molecule has 1 aromatic heterocycles. The van der Waals surface area contributed by atoms with Gasteiger partial charge in [0, 0.05) is 37.0 Å². The molecule has 8 nitrogen and oxygen atoms in total. The SMILES string of the molecule is COC(=O)[C@H]1C(=O)N(C)C[C@]23CCN(C(=O)OC(C)(C)C)[C@H]2c2occc2[C@H]13. The molecule has 2 saturated heterocycles. The van der Waals surface area contributed by atoms with Crippen LogP contribution in [0.5, 0.6) is 0 Å². The summed E-state index contributed by atoms with van der Waals surface area (Å²) in [6.07, 6.45) is 1.79. The number of furan rings is 1. The van der Waals surface area contributed by atoms with Crippen LogP contribution in [0.1, 0.15) is 50.5 Å². The molecule has 3 aliphatic rings. The van der Waals surface area contributed by atoms with Crippen LogP contribution in [0.25, 0.3) is 0 Å². The summed E-state index contributed by atoms with van der Waals surface area (Å²) >= 11 is 0. The summed E-state index contributed by atoms with van der Waals surface area (Å²) in [5, 5.41) is 0. The van der Waals surface area contributed by atoms with E-state index < -0.39 is 29.0 Å². The number of ether oxygens (including phenoxy) is 2. The lowest BCUT2D eigenvalue weighted by atomic mass is 9.64. The predicted octanol–water partition coefficient (Wildman–Crippen LogP) is 2.31. The molecular formula is C20H26N2O6. The van der Waals surface area contributed by atoms with Gasteiger partial charge in [0.05, 0.1) is 13.4 Å². The molecule has 0 N–H and O–H groups in total. The molecule has 8 heteroatoms. The van der Waals surface area contributed by atoms with Crippen LogP contribution in [0, 0.1) is 11.3 Å². The summed E-state index contributed by atoms with van der Waals surface area (Å²) in [6, 6.07) is 1.43. The van der Waals surface area contributed by atoms with E-state index in [1.54, 1.807) is 23.1 Å². The maximum absolute atomic E-state index is 12.9. The number of piperidine rings is 1. The van der Waals surface area contributed by atoms with Gasteiger partial charge in [-0.15, -0.1) is 0 Å². The average molecular weight is 390 g/mol. The minimum absolute atomic E-state index is 0.258. The molecule has 1 spiro atoms. The Morgan fingerprint density at radius 2 is 2.04 bits per heavy atom. The minimum Gasteiger partial charge on any atom is -0.468 e. The number of nitrogens with zero attached hydrogens (tertiary/aromatic N) is 2. The number of hydrogen-bond donors (Lipinski definition) is 0. The molecule has 28 heavy (non-hydrogen) atoms. The molecule has 2 aliphatic heterocycles. The Morgan fingerprint density at radius 3 is 2.68 bits per heavy atom. The molecule has 1 aliphatic carbocycles. The van der Waals surface area contributed by atoms with Gasteiger partial charge in [0.25, 0.3) is 0 Å². The number of methoxy groups -OCH3 is 1. The fourth-order valence-corrected chi connectivity index (χ4v) is 5.31. The van der Waals surface area contributed by atoms with Gasteiger partial charge in [-0.3, -0.25) is 14.5 Å². The summed E-state index contributed by atoms with van der Waals surface area (Å²) in [5.41, 5.74) is -0.298. The maximum Gasteiger partial charge on any atom is 0.410 e. The number of rotatable bonds is 1. The second kappa shape index (κ2) is 5.99. The standard InChI is InChI=1S/C20H26N2O6/c1-19(2,3)28-18(25)22-8-7-20-10-21(4)16(23)12(17(24)26-5)13(20)11-6-9-27-14(11)15(20)22/h6,9,12-13,15H,7-8,10H2,1-5H3/t12-,13-,15+,20+/m1/s1. The maximum atomic E-state index is 12.9. The summed E-state index contributed by atoms with van der Waals surface area (Å²) in [6.45, 7) is 6.40. The third-order valence-corrected chi connectivity index (χ3v) is 6.19. The highest BCUT2D eigenvalue weighted by atomic mass is 16.6. The highest BCUT2D eigenvalue weighted by molar-refractivity contribution is 6.00. The third-order valence-electron chi connectivity index (χ3n) is 6.19. The van der Waals surface area contributed by atoms with Crippen molar-refractivity contribution in [2.24, 2.45) is 11.3 Å². The highest BCUT2D eigenvalue weighted by Gasteiger charge is 2.68. The first-order chi connectivity index (χ1) is 13.1. The Balaban J connectivity index is 1.80. The number of carbonyl (C=O) groups is 3. The minimum atomic E-state index is -0.941. The monoisotopic (exact) mass is 390 g/mol. The van der Waals surface area contributed by atoms with Crippen molar-refractivity contribution in [3.63, 3.8) is 0 Å². The van der Waals surface area contributed by atoms with Crippen LogP contribution in [0.15, 0.2) is 16.7 Å². The molecular weight excluding hydrogens is 364 g/mol. The summed E-state index contributed by atoms with van der Waals surface area (Å²) in [4.78, 5) is 41.6. The molecule has 1 aromatic rings. The average Bonchev–Trinajstić information content (AvgIpc) is 3.24. The van der Waals surface area contributed by atoms with Crippen molar-refractivity contribution < 1.29 is 28.3 Å². The van der Waals surface area contributed by atoms with Gasteiger partial charge in [-0.25, -0.2) is 4.79 Å². The van der Waals surface area contributed by atoms with E-state index in [4.69, 9.17) is 13.9 Å². The van der Waals surface area contributed by atoms with Gasteiger partial charge in [-0.2, -0.15) is 0 Å². The van der Waals surface area contributed by atoms with Crippen molar-refractivity contribution in [3.8, 4) is 0 Å². The van der Waals surface area contributed by atoms with Crippen LogP contribution in [-0.2, 0) is 19.1 Å². The first-order valence-electron chi connectivity index (χ1n) is 9.50.